The van der Waals surface area contributed by atoms with Crippen LogP contribution in [0, 0.1) is 17.8 Å². The molecule has 25 heavy (non-hydrogen) atoms. The molecule has 2 amide bonds. The van der Waals surface area contributed by atoms with Gasteiger partial charge < -0.3 is 15.0 Å². The normalized spacial score (nSPS) is 36.6. The lowest BCUT2D eigenvalue weighted by Crippen LogP contribution is -2.42. The molecule has 1 saturated carbocycles. The standard InChI is InChI=1S/C19H30N2O3S/c1-12(2)25-10-17(22)20-8-14-15-9-21(18(23)13-4-3-5-13)11-19(15)7-6-16(14)24-19/h12-16H,3-11H2,1-2H3,(H,20,22)/t14-,15+,16+,19+/m0/s1. The molecular weight excluding hydrogens is 336 g/mol. The van der Waals surface area contributed by atoms with E-state index in [2.05, 4.69) is 24.1 Å². The van der Waals surface area contributed by atoms with Gasteiger partial charge in [-0.25, -0.2) is 0 Å². The minimum atomic E-state index is -0.119. The third kappa shape index (κ3) is 3.20. The topological polar surface area (TPSA) is 58.6 Å². The number of likely N-dealkylation sites (tertiary alicyclic amines) is 1. The van der Waals surface area contributed by atoms with Crippen LogP contribution in [0.2, 0.25) is 0 Å². The van der Waals surface area contributed by atoms with Crippen molar-refractivity contribution in [1.82, 2.24) is 10.2 Å². The molecule has 4 rings (SSSR count). The van der Waals surface area contributed by atoms with Crippen LogP contribution in [0.5, 0.6) is 0 Å². The fourth-order valence-electron chi connectivity index (χ4n) is 5.07. The first-order valence-electron chi connectivity index (χ1n) is 9.83. The highest BCUT2D eigenvalue weighted by Gasteiger charge is 2.63. The van der Waals surface area contributed by atoms with Gasteiger partial charge in [0.15, 0.2) is 0 Å². The zero-order valence-electron chi connectivity index (χ0n) is 15.3. The maximum absolute atomic E-state index is 12.7. The smallest absolute Gasteiger partial charge is 0.230 e. The van der Waals surface area contributed by atoms with Crippen molar-refractivity contribution in [2.24, 2.45) is 17.8 Å². The van der Waals surface area contributed by atoms with Crippen LogP contribution in [0.25, 0.3) is 0 Å². The molecular formula is C19H30N2O3S. The molecule has 0 radical (unpaired) electrons. The van der Waals surface area contributed by atoms with E-state index in [-0.39, 0.29) is 23.5 Å². The molecule has 1 spiro atoms. The van der Waals surface area contributed by atoms with E-state index < -0.39 is 0 Å². The number of hydrogen-bond donors (Lipinski definition) is 1. The number of nitrogens with one attached hydrogen (secondary N) is 1. The predicted octanol–water partition coefficient (Wildman–Crippen LogP) is 2.05. The Morgan fingerprint density at radius 1 is 1.32 bits per heavy atom. The van der Waals surface area contributed by atoms with Crippen LogP contribution in [0.1, 0.15) is 46.0 Å². The van der Waals surface area contributed by atoms with Crippen LogP contribution in [0.3, 0.4) is 0 Å². The summed E-state index contributed by atoms with van der Waals surface area (Å²) in [4.78, 5) is 26.8. The number of carbonyl (C=O) groups excluding carboxylic acids is 2. The molecule has 0 aromatic rings. The summed E-state index contributed by atoms with van der Waals surface area (Å²) in [6, 6.07) is 0. The van der Waals surface area contributed by atoms with E-state index in [0.29, 0.717) is 35.3 Å². The number of ether oxygens (including phenoxy) is 1. The first kappa shape index (κ1) is 17.7. The Bertz CT molecular complexity index is 551. The van der Waals surface area contributed by atoms with Crippen molar-refractivity contribution in [2.75, 3.05) is 25.4 Å². The number of thioether (sulfide) groups is 1. The number of fused-ring (bicyclic) bond motifs is 1. The Kier molecular flexibility index (Phi) is 4.78. The summed E-state index contributed by atoms with van der Waals surface area (Å²) in [6.07, 6.45) is 5.73. The van der Waals surface area contributed by atoms with Crippen molar-refractivity contribution in [2.45, 2.75) is 62.9 Å². The lowest BCUT2D eigenvalue weighted by atomic mass is 9.73. The minimum absolute atomic E-state index is 0.119. The lowest BCUT2D eigenvalue weighted by Gasteiger charge is -2.30. The van der Waals surface area contributed by atoms with Gasteiger partial charge in [0.2, 0.25) is 11.8 Å². The zero-order valence-corrected chi connectivity index (χ0v) is 16.1. The Labute approximate surface area is 154 Å². The molecule has 4 aliphatic rings. The number of nitrogens with zero attached hydrogens (tertiary/aromatic N) is 1. The molecule has 140 valence electrons. The van der Waals surface area contributed by atoms with E-state index in [1.54, 1.807) is 11.8 Å². The molecule has 3 aliphatic heterocycles. The second-order valence-electron chi connectivity index (χ2n) is 8.54. The van der Waals surface area contributed by atoms with Crippen LogP contribution in [-0.2, 0) is 14.3 Å². The van der Waals surface area contributed by atoms with Crippen molar-refractivity contribution < 1.29 is 14.3 Å². The van der Waals surface area contributed by atoms with Gasteiger partial charge >= 0.3 is 0 Å². The second kappa shape index (κ2) is 6.76. The molecule has 6 heteroatoms. The highest BCUT2D eigenvalue weighted by atomic mass is 32.2. The Balaban J connectivity index is 1.35. The Morgan fingerprint density at radius 3 is 2.80 bits per heavy atom. The lowest BCUT2D eigenvalue weighted by molar-refractivity contribution is -0.138. The highest BCUT2D eigenvalue weighted by Crippen LogP contribution is 2.55. The molecule has 2 bridgehead atoms. The van der Waals surface area contributed by atoms with E-state index in [1.807, 2.05) is 0 Å². The number of hydrogen-bond acceptors (Lipinski definition) is 4. The molecule has 4 atom stereocenters. The summed E-state index contributed by atoms with van der Waals surface area (Å²) >= 11 is 1.68. The number of amides is 2. The molecule has 1 N–H and O–H groups in total. The Morgan fingerprint density at radius 2 is 2.12 bits per heavy atom. The summed E-state index contributed by atoms with van der Waals surface area (Å²) in [7, 11) is 0. The molecule has 3 heterocycles. The second-order valence-corrected chi connectivity index (χ2v) is 10.1. The average molecular weight is 367 g/mol. The summed E-state index contributed by atoms with van der Waals surface area (Å²) in [5, 5.41) is 3.59. The van der Waals surface area contributed by atoms with Crippen molar-refractivity contribution in [3.05, 3.63) is 0 Å². The number of carbonyl (C=O) groups is 2. The van der Waals surface area contributed by atoms with Crippen LogP contribution in [0.4, 0.5) is 0 Å². The first-order valence-corrected chi connectivity index (χ1v) is 10.9. The van der Waals surface area contributed by atoms with E-state index in [1.165, 1.54) is 6.42 Å². The van der Waals surface area contributed by atoms with Gasteiger partial charge in [0.25, 0.3) is 0 Å². The van der Waals surface area contributed by atoms with Gasteiger partial charge in [-0.1, -0.05) is 20.3 Å². The van der Waals surface area contributed by atoms with Gasteiger partial charge in [0.1, 0.15) is 0 Å². The maximum Gasteiger partial charge on any atom is 0.230 e. The summed E-state index contributed by atoms with van der Waals surface area (Å²) in [6.45, 7) is 6.51. The molecule has 0 aromatic carbocycles. The predicted molar refractivity (Wildman–Crippen MR) is 98.3 cm³/mol. The quantitative estimate of drug-likeness (QED) is 0.782. The largest absolute Gasteiger partial charge is 0.369 e. The van der Waals surface area contributed by atoms with Crippen molar-refractivity contribution in [3.63, 3.8) is 0 Å². The third-order valence-electron chi connectivity index (χ3n) is 6.63. The first-order chi connectivity index (χ1) is 12.0. The third-order valence-corrected chi connectivity index (χ3v) is 7.73. The molecule has 0 aromatic heterocycles. The van der Waals surface area contributed by atoms with Crippen molar-refractivity contribution in [1.29, 1.82) is 0 Å². The van der Waals surface area contributed by atoms with E-state index >= 15 is 0 Å². The van der Waals surface area contributed by atoms with Gasteiger partial charge in [0.05, 0.1) is 24.0 Å². The molecule has 5 nitrogen and oxygen atoms in total. The van der Waals surface area contributed by atoms with Gasteiger partial charge in [-0.3, -0.25) is 9.59 Å². The summed E-state index contributed by atoms with van der Waals surface area (Å²) in [5.74, 6) is 2.01. The summed E-state index contributed by atoms with van der Waals surface area (Å²) in [5.41, 5.74) is -0.119. The van der Waals surface area contributed by atoms with Crippen LogP contribution < -0.4 is 5.32 Å². The average Bonchev–Trinajstić information content (AvgIpc) is 3.17. The summed E-state index contributed by atoms with van der Waals surface area (Å²) < 4.78 is 6.39. The molecule has 1 aliphatic carbocycles. The highest BCUT2D eigenvalue weighted by molar-refractivity contribution is 8.00. The fourth-order valence-corrected chi connectivity index (χ4v) is 5.66. The van der Waals surface area contributed by atoms with E-state index in [9.17, 15) is 9.59 Å². The monoisotopic (exact) mass is 366 g/mol. The Hall–Kier alpha value is -0.750. The SMILES string of the molecule is CC(C)SCC(=O)NC[C@H]1[C@H]2CN(C(=O)C3CCC3)C[C@]23CC[C@H]1O3. The number of rotatable bonds is 6. The van der Waals surface area contributed by atoms with Crippen molar-refractivity contribution >= 4 is 23.6 Å². The van der Waals surface area contributed by atoms with Crippen LogP contribution in [-0.4, -0.2) is 59.1 Å². The van der Waals surface area contributed by atoms with Gasteiger partial charge in [-0.15, -0.1) is 11.8 Å². The van der Waals surface area contributed by atoms with Gasteiger partial charge in [-0.05, 0) is 30.9 Å². The van der Waals surface area contributed by atoms with E-state index in [0.717, 1.165) is 38.8 Å². The zero-order chi connectivity index (χ0) is 17.6. The van der Waals surface area contributed by atoms with Crippen molar-refractivity contribution in [3.8, 4) is 0 Å². The van der Waals surface area contributed by atoms with Gasteiger partial charge in [-0.2, -0.15) is 0 Å². The molecule has 4 fully saturated rings. The van der Waals surface area contributed by atoms with Gasteiger partial charge in [0, 0.05) is 30.8 Å². The minimum Gasteiger partial charge on any atom is -0.369 e. The fraction of sp³-hybridized carbons (Fsp3) is 0.895. The molecule has 0 unspecified atom stereocenters. The maximum atomic E-state index is 12.7. The van der Waals surface area contributed by atoms with Crippen LogP contribution >= 0.6 is 11.8 Å². The molecule has 3 saturated heterocycles. The van der Waals surface area contributed by atoms with E-state index in [4.69, 9.17) is 4.74 Å². The van der Waals surface area contributed by atoms with Crippen LogP contribution in [0.15, 0.2) is 0 Å².